The molecule has 0 aliphatic carbocycles. The Hall–Kier alpha value is -5.36. The average molecular weight is 534 g/mol. The Bertz CT molecular complexity index is 1760. The minimum Gasteiger partial charge on any atom is -0.318 e. The van der Waals surface area contributed by atoms with Crippen LogP contribution in [0.4, 0.5) is 0 Å². The van der Waals surface area contributed by atoms with E-state index >= 15 is 0 Å². The van der Waals surface area contributed by atoms with Crippen molar-refractivity contribution >= 4 is 11.9 Å². The summed E-state index contributed by atoms with van der Waals surface area (Å²) in [6.07, 6.45) is 8.18. The molecule has 1 aliphatic rings. The van der Waals surface area contributed by atoms with E-state index in [4.69, 9.17) is 4.98 Å². The van der Waals surface area contributed by atoms with Gasteiger partial charge in [-0.2, -0.15) is 0 Å². The molecule has 0 saturated carbocycles. The molecule has 0 N–H and O–H groups in total. The fourth-order valence-electron chi connectivity index (χ4n) is 5.92. The van der Waals surface area contributed by atoms with E-state index in [2.05, 4.69) is 99.9 Å². The van der Waals surface area contributed by atoms with Gasteiger partial charge in [0.2, 0.25) is 5.78 Å². The SMILES string of the molecule is O=C1/C(=C/c2ccccc2-c2cn(C(c3ccccc3)(c3ccccc3)c3ccccc3)cn2)CCn2nncc21. The van der Waals surface area contributed by atoms with Gasteiger partial charge >= 0.3 is 0 Å². The van der Waals surface area contributed by atoms with Crippen molar-refractivity contribution in [3.05, 3.63) is 168 Å². The Labute approximate surface area is 238 Å². The smallest absolute Gasteiger partial charge is 0.208 e. The summed E-state index contributed by atoms with van der Waals surface area (Å²) >= 11 is 0. The van der Waals surface area contributed by atoms with Gasteiger partial charge in [-0.25, -0.2) is 9.67 Å². The van der Waals surface area contributed by atoms with Gasteiger partial charge in [0.1, 0.15) is 11.2 Å². The van der Waals surface area contributed by atoms with Gasteiger partial charge in [0.15, 0.2) is 0 Å². The number of ketones is 1. The van der Waals surface area contributed by atoms with Gasteiger partial charge in [-0.1, -0.05) is 120 Å². The number of rotatable bonds is 6. The molecule has 198 valence electrons. The molecule has 0 fully saturated rings. The van der Waals surface area contributed by atoms with Gasteiger partial charge in [-0.3, -0.25) is 4.79 Å². The van der Waals surface area contributed by atoms with Crippen molar-refractivity contribution in [2.75, 3.05) is 0 Å². The van der Waals surface area contributed by atoms with E-state index in [0.717, 1.165) is 39.1 Å². The normalized spacial score (nSPS) is 14.2. The number of nitrogens with zero attached hydrogens (tertiary/aromatic N) is 5. The van der Waals surface area contributed by atoms with Crippen molar-refractivity contribution < 1.29 is 4.79 Å². The molecule has 6 heteroatoms. The monoisotopic (exact) mass is 533 g/mol. The molecule has 6 aromatic rings. The number of imidazole rings is 1. The molecular weight excluding hydrogens is 506 g/mol. The largest absolute Gasteiger partial charge is 0.318 e. The van der Waals surface area contributed by atoms with E-state index in [1.165, 1.54) is 0 Å². The zero-order chi connectivity index (χ0) is 27.6. The summed E-state index contributed by atoms with van der Waals surface area (Å²) in [4.78, 5) is 18.1. The second-order valence-electron chi connectivity index (χ2n) is 10.2. The molecule has 6 nitrogen and oxygen atoms in total. The van der Waals surface area contributed by atoms with Crippen LogP contribution in [-0.4, -0.2) is 30.3 Å². The minimum absolute atomic E-state index is 0.0298. The molecule has 0 bridgehead atoms. The third-order valence-corrected chi connectivity index (χ3v) is 7.85. The second kappa shape index (κ2) is 10.3. The van der Waals surface area contributed by atoms with E-state index in [1.54, 1.807) is 10.9 Å². The van der Waals surface area contributed by atoms with Crippen molar-refractivity contribution in [1.82, 2.24) is 24.5 Å². The molecule has 0 unspecified atom stereocenters. The molecule has 0 spiro atoms. The molecule has 0 saturated heterocycles. The van der Waals surface area contributed by atoms with Gasteiger partial charge in [0.25, 0.3) is 0 Å². The van der Waals surface area contributed by atoms with Crippen LogP contribution in [0, 0.1) is 0 Å². The Morgan fingerprint density at radius 2 is 1.32 bits per heavy atom. The highest BCUT2D eigenvalue weighted by Crippen LogP contribution is 2.41. The van der Waals surface area contributed by atoms with Crippen molar-refractivity contribution in [1.29, 1.82) is 0 Å². The highest BCUT2D eigenvalue weighted by Gasteiger charge is 2.38. The van der Waals surface area contributed by atoms with E-state index in [-0.39, 0.29) is 5.78 Å². The first kappa shape index (κ1) is 24.7. The first-order valence-electron chi connectivity index (χ1n) is 13.7. The van der Waals surface area contributed by atoms with Crippen molar-refractivity contribution in [3.8, 4) is 11.3 Å². The molecule has 7 rings (SSSR count). The molecule has 4 aromatic carbocycles. The fraction of sp³-hybridized carbons (Fsp3) is 0.0857. The summed E-state index contributed by atoms with van der Waals surface area (Å²) in [5.74, 6) is -0.0298. The standard InChI is InChI=1S/C35H27N5O/c41-34-27(20-21-40-33(34)23-37-38-40)22-26-12-10-11-19-31(26)32-24-39(25-36-32)35(28-13-4-1-5-14-28,29-15-6-2-7-16-29)30-17-8-3-9-18-30/h1-19,22-25H,20-21H2/b27-22+. The number of carbonyl (C=O) groups is 1. The molecule has 0 radical (unpaired) electrons. The number of Topliss-reactive ketones (excluding diaryl/α,β-unsaturated/α-hetero) is 1. The maximum atomic E-state index is 13.1. The first-order chi connectivity index (χ1) is 20.2. The summed E-state index contributed by atoms with van der Waals surface area (Å²) in [6.45, 7) is 0.636. The molecule has 0 amide bonds. The number of benzene rings is 4. The third kappa shape index (κ3) is 4.21. The number of aryl methyl sites for hydroxylation is 1. The summed E-state index contributed by atoms with van der Waals surface area (Å²) < 4.78 is 3.88. The van der Waals surface area contributed by atoms with Crippen LogP contribution in [0.25, 0.3) is 17.3 Å². The van der Waals surface area contributed by atoms with Crippen LogP contribution in [0.5, 0.6) is 0 Å². The highest BCUT2D eigenvalue weighted by molar-refractivity contribution is 6.11. The molecule has 41 heavy (non-hydrogen) atoms. The average Bonchev–Trinajstić information content (AvgIpc) is 3.72. The lowest BCUT2D eigenvalue weighted by atomic mass is 9.77. The van der Waals surface area contributed by atoms with Crippen LogP contribution in [0.2, 0.25) is 0 Å². The topological polar surface area (TPSA) is 65.6 Å². The van der Waals surface area contributed by atoms with E-state index in [1.807, 2.05) is 48.8 Å². The van der Waals surface area contributed by atoms with Crippen molar-refractivity contribution in [2.24, 2.45) is 0 Å². The first-order valence-corrected chi connectivity index (χ1v) is 13.7. The lowest BCUT2D eigenvalue weighted by Crippen LogP contribution is -2.36. The van der Waals surface area contributed by atoms with Crippen LogP contribution in [0.3, 0.4) is 0 Å². The fourth-order valence-corrected chi connectivity index (χ4v) is 5.92. The van der Waals surface area contributed by atoms with Gasteiger partial charge < -0.3 is 4.57 Å². The van der Waals surface area contributed by atoms with Crippen LogP contribution >= 0.6 is 0 Å². The number of allylic oxidation sites excluding steroid dienone is 1. The molecular formula is C35H27N5O. The van der Waals surface area contributed by atoms with E-state index in [9.17, 15) is 4.79 Å². The lowest BCUT2D eigenvalue weighted by Gasteiger charge is -2.37. The predicted molar refractivity (Wildman–Crippen MR) is 159 cm³/mol. The van der Waals surface area contributed by atoms with Crippen molar-refractivity contribution in [2.45, 2.75) is 18.5 Å². The summed E-state index contributed by atoms with van der Waals surface area (Å²) in [5, 5.41) is 7.93. The lowest BCUT2D eigenvalue weighted by molar-refractivity contribution is 0.101. The van der Waals surface area contributed by atoms with Crippen LogP contribution in [0.1, 0.15) is 39.2 Å². The predicted octanol–water partition coefficient (Wildman–Crippen LogP) is 6.65. The van der Waals surface area contributed by atoms with Crippen molar-refractivity contribution in [3.63, 3.8) is 0 Å². The van der Waals surface area contributed by atoms with E-state index in [0.29, 0.717) is 18.7 Å². The maximum absolute atomic E-state index is 13.1. The van der Waals surface area contributed by atoms with Crippen LogP contribution in [0.15, 0.2) is 140 Å². The summed E-state index contributed by atoms with van der Waals surface area (Å²) in [6, 6.07) is 39.8. The number of carbonyl (C=O) groups excluding carboxylic acids is 1. The maximum Gasteiger partial charge on any atom is 0.208 e. The Kier molecular flexibility index (Phi) is 6.21. The zero-order valence-corrected chi connectivity index (χ0v) is 22.3. The Morgan fingerprint density at radius 3 is 1.95 bits per heavy atom. The molecule has 0 atom stereocenters. The van der Waals surface area contributed by atoms with Gasteiger partial charge in [-0.15, -0.1) is 5.10 Å². The number of hydrogen-bond donors (Lipinski definition) is 0. The summed E-state index contributed by atoms with van der Waals surface area (Å²) in [7, 11) is 0. The Balaban J connectivity index is 1.39. The number of fused-ring (bicyclic) bond motifs is 1. The summed E-state index contributed by atoms with van der Waals surface area (Å²) in [5.41, 5.74) is 6.78. The second-order valence-corrected chi connectivity index (χ2v) is 10.2. The van der Waals surface area contributed by atoms with Gasteiger partial charge in [0, 0.05) is 23.9 Å². The van der Waals surface area contributed by atoms with Gasteiger partial charge in [-0.05, 0) is 34.8 Å². The molecule has 3 heterocycles. The minimum atomic E-state index is -0.646. The van der Waals surface area contributed by atoms with E-state index < -0.39 is 5.54 Å². The quantitative estimate of drug-likeness (QED) is 0.178. The van der Waals surface area contributed by atoms with Crippen LogP contribution < -0.4 is 0 Å². The molecule has 2 aromatic heterocycles. The zero-order valence-electron chi connectivity index (χ0n) is 22.3. The van der Waals surface area contributed by atoms with Crippen LogP contribution in [-0.2, 0) is 12.1 Å². The highest BCUT2D eigenvalue weighted by atomic mass is 16.1. The number of hydrogen-bond acceptors (Lipinski definition) is 4. The third-order valence-electron chi connectivity index (χ3n) is 7.85. The van der Waals surface area contributed by atoms with Gasteiger partial charge in [0.05, 0.1) is 18.2 Å². The number of aromatic nitrogens is 5. The Morgan fingerprint density at radius 1 is 0.732 bits per heavy atom. The molecule has 1 aliphatic heterocycles.